The summed E-state index contributed by atoms with van der Waals surface area (Å²) in [5, 5.41) is 3.38. The van der Waals surface area contributed by atoms with Crippen LogP contribution in [0.5, 0.6) is 0 Å². The Balaban J connectivity index is 1.17. The average molecular weight is 435 g/mol. The molecule has 1 aromatic carbocycles. The third kappa shape index (κ3) is 4.11. The summed E-state index contributed by atoms with van der Waals surface area (Å²) in [7, 11) is -2.64. The Labute approximate surface area is 187 Å². The molecule has 0 amide bonds. The van der Waals surface area contributed by atoms with Gasteiger partial charge in [0.05, 0.1) is 16.1 Å². The molecule has 1 aromatic rings. The van der Waals surface area contributed by atoms with Crippen molar-refractivity contribution >= 4 is 26.5 Å². The van der Waals surface area contributed by atoms with Crippen molar-refractivity contribution in [3.05, 3.63) is 48.6 Å². The van der Waals surface area contributed by atoms with Gasteiger partial charge in [0.1, 0.15) is 0 Å². The Hall–Kier alpha value is -0.866. The Bertz CT molecular complexity index is 747. The third-order valence-electron chi connectivity index (χ3n) is 9.56. The van der Waals surface area contributed by atoms with Gasteiger partial charge >= 0.3 is 0 Å². The van der Waals surface area contributed by atoms with E-state index in [2.05, 4.69) is 74.8 Å². The smallest absolute Gasteiger partial charge is 0.0806 e. The van der Waals surface area contributed by atoms with Crippen LogP contribution in [-0.2, 0) is 0 Å². The van der Waals surface area contributed by atoms with Gasteiger partial charge in [0.15, 0.2) is 0 Å². The molecule has 0 heterocycles. The maximum absolute atomic E-state index is 2.61. The Morgan fingerprint density at radius 2 is 1.00 bits per heavy atom. The molecular weight excluding hydrogens is 392 g/mol. The molecule has 6 atom stereocenters. The highest BCUT2D eigenvalue weighted by atomic mass is 28.3. The van der Waals surface area contributed by atoms with E-state index in [9.17, 15) is 0 Å². The van der Waals surface area contributed by atoms with Gasteiger partial charge in [-0.2, -0.15) is 0 Å². The Morgan fingerprint density at radius 3 is 1.30 bits per heavy atom. The topological polar surface area (TPSA) is 0 Å². The summed E-state index contributed by atoms with van der Waals surface area (Å²) < 4.78 is 0. The average Bonchev–Trinajstić information content (AvgIpc) is 3.52. The normalized spacial score (nSPS) is 34.4. The molecule has 0 radical (unpaired) electrons. The van der Waals surface area contributed by atoms with Gasteiger partial charge in [-0.3, -0.25) is 0 Å². The minimum atomic E-state index is -1.32. The van der Waals surface area contributed by atoms with Gasteiger partial charge in [-0.15, -0.1) is 0 Å². The van der Waals surface area contributed by atoms with E-state index in [1.54, 1.807) is 10.4 Å². The summed E-state index contributed by atoms with van der Waals surface area (Å²) in [6.07, 6.45) is 18.8. The summed E-state index contributed by atoms with van der Waals surface area (Å²) in [4.78, 5) is 0. The van der Waals surface area contributed by atoms with Crippen molar-refractivity contribution in [1.82, 2.24) is 0 Å². The van der Waals surface area contributed by atoms with E-state index in [1.807, 2.05) is 0 Å². The maximum Gasteiger partial charge on any atom is 0.0806 e. The standard InChI is InChI=1S/C28H42Si2/c1-29(2,15-13-25-19-21-5-7-23(25)17-21)27-9-11-28(12-10-27)30(3,4)16-14-26-20-22-6-8-24(26)18-22/h5-12,21-26H,13-20H2,1-4H3/t21-,22-,23-,24-,25-,26-/m0/s1. The van der Waals surface area contributed by atoms with E-state index >= 15 is 0 Å². The fourth-order valence-corrected chi connectivity index (χ4v) is 12.1. The number of hydrogen-bond acceptors (Lipinski definition) is 0. The van der Waals surface area contributed by atoms with Crippen molar-refractivity contribution in [3.8, 4) is 0 Å². The van der Waals surface area contributed by atoms with Crippen LogP contribution in [0, 0.1) is 35.5 Å². The summed E-state index contributed by atoms with van der Waals surface area (Å²) in [5.41, 5.74) is 0. The van der Waals surface area contributed by atoms with Gasteiger partial charge in [-0.05, 0) is 61.2 Å². The van der Waals surface area contributed by atoms with Crippen molar-refractivity contribution in [3.63, 3.8) is 0 Å². The first-order valence-corrected chi connectivity index (χ1v) is 19.2. The molecule has 30 heavy (non-hydrogen) atoms. The van der Waals surface area contributed by atoms with Crippen LogP contribution >= 0.6 is 0 Å². The summed E-state index contributed by atoms with van der Waals surface area (Å²) >= 11 is 0. The second-order valence-corrected chi connectivity index (χ2v) is 22.2. The highest BCUT2D eigenvalue weighted by molar-refractivity contribution is 6.91. The van der Waals surface area contributed by atoms with Crippen LogP contribution in [0.4, 0.5) is 0 Å². The van der Waals surface area contributed by atoms with Crippen LogP contribution in [-0.4, -0.2) is 16.1 Å². The fourth-order valence-electron chi connectivity index (χ4n) is 7.21. The second-order valence-electron chi connectivity index (χ2n) is 12.5. The Morgan fingerprint density at radius 1 is 0.600 bits per heavy atom. The molecule has 2 fully saturated rings. The molecule has 2 heteroatoms. The van der Waals surface area contributed by atoms with Crippen LogP contribution in [0.15, 0.2) is 48.6 Å². The second kappa shape index (κ2) is 7.92. The summed E-state index contributed by atoms with van der Waals surface area (Å²) in [5.74, 6) is 5.65. The van der Waals surface area contributed by atoms with Gasteiger partial charge < -0.3 is 0 Å². The van der Waals surface area contributed by atoms with Crippen molar-refractivity contribution in [2.45, 2.75) is 76.8 Å². The largest absolute Gasteiger partial charge is 0.0851 e. The van der Waals surface area contributed by atoms with E-state index < -0.39 is 16.1 Å². The SMILES string of the molecule is C[Si](C)(CC[C@H]1C[C@H]2C=C[C@H]1C2)c1ccc([Si](C)(C)CC[C@H]2C[C@H]3C=C[C@H]2C3)cc1. The first kappa shape index (κ1) is 21.0. The van der Waals surface area contributed by atoms with Crippen molar-refractivity contribution in [2.75, 3.05) is 0 Å². The van der Waals surface area contributed by atoms with Crippen molar-refractivity contribution in [2.24, 2.45) is 35.5 Å². The van der Waals surface area contributed by atoms with E-state index in [1.165, 1.54) is 50.6 Å². The number of rotatable bonds is 8. The van der Waals surface area contributed by atoms with Gasteiger partial charge in [0, 0.05) is 0 Å². The molecule has 5 rings (SSSR count). The maximum atomic E-state index is 2.61. The quantitative estimate of drug-likeness (QED) is 0.314. The molecule has 4 aliphatic carbocycles. The monoisotopic (exact) mass is 434 g/mol. The lowest BCUT2D eigenvalue weighted by Crippen LogP contribution is -2.45. The molecule has 0 unspecified atom stereocenters. The Kier molecular flexibility index (Phi) is 5.55. The molecule has 0 saturated heterocycles. The first-order chi connectivity index (χ1) is 14.3. The van der Waals surface area contributed by atoms with Gasteiger partial charge in [-0.25, -0.2) is 0 Å². The molecule has 0 aliphatic heterocycles. The zero-order chi connectivity index (χ0) is 20.9. The van der Waals surface area contributed by atoms with Gasteiger partial charge in [-0.1, -0.05) is 110 Å². The lowest BCUT2D eigenvalue weighted by molar-refractivity contribution is 0.432. The molecule has 0 N–H and O–H groups in total. The predicted molar refractivity (Wildman–Crippen MR) is 137 cm³/mol. The predicted octanol–water partition coefficient (Wildman–Crippen LogP) is 6.72. The molecule has 0 aromatic heterocycles. The van der Waals surface area contributed by atoms with Crippen LogP contribution in [0.1, 0.15) is 38.5 Å². The van der Waals surface area contributed by atoms with Gasteiger partial charge in [0.2, 0.25) is 0 Å². The zero-order valence-corrected chi connectivity index (χ0v) is 21.7. The minimum absolute atomic E-state index is 0.916. The molecule has 4 bridgehead atoms. The van der Waals surface area contributed by atoms with Crippen LogP contribution < -0.4 is 10.4 Å². The minimum Gasteiger partial charge on any atom is -0.0851 e. The number of fused-ring (bicyclic) bond motifs is 4. The van der Waals surface area contributed by atoms with Crippen molar-refractivity contribution < 1.29 is 0 Å². The molecule has 0 nitrogen and oxygen atoms in total. The first-order valence-electron chi connectivity index (χ1n) is 12.8. The number of hydrogen-bond donors (Lipinski definition) is 0. The van der Waals surface area contributed by atoms with E-state index in [4.69, 9.17) is 0 Å². The molecule has 4 aliphatic rings. The van der Waals surface area contributed by atoms with Gasteiger partial charge in [0.25, 0.3) is 0 Å². The fraction of sp³-hybridized carbons (Fsp3) is 0.643. The van der Waals surface area contributed by atoms with Crippen LogP contribution in [0.3, 0.4) is 0 Å². The lowest BCUT2D eigenvalue weighted by atomic mass is 9.91. The third-order valence-corrected chi connectivity index (χ3v) is 16.4. The van der Waals surface area contributed by atoms with E-state index in [0.717, 1.165) is 35.5 Å². The molecule has 0 spiro atoms. The molecule has 162 valence electrons. The van der Waals surface area contributed by atoms with Crippen LogP contribution in [0.25, 0.3) is 0 Å². The summed E-state index contributed by atoms with van der Waals surface area (Å²) in [6, 6.07) is 13.1. The molecule has 2 saturated carbocycles. The number of allylic oxidation sites excluding steroid dienone is 4. The summed E-state index contributed by atoms with van der Waals surface area (Å²) in [6.45, 7) is 10.4. The molecular formula is C28H42Si2. The van der Waals surface area contributed by atoms with E-state index in [0.29, 0.717) is 0 Å². The van der Waals surface area contributed by atoms with Crippen LogP contribution in [0.2, 0.25) is 38.3 Å². The highest BCUT2D eigenvalue weighted by Gasteiger charge is 2.38. The van der Waals surface area contributed by atoms with Crippen molar-refractivity contribution in [1.29, 1.82) is 0 Å². The highest BCUT2D eigenvalue weighted by Crippen LogP contribution is 2.47. The lowest BCUT2D eigenvalue weighted by Gasteiger charge is -2.29. The number of benzene rings is 1. The zero-order valence-electron chi connectivity index (χ0n) is 19.7. The van der Waals surface area contributed by atoms with E-state index in [-0.39, 0.29) is 0 Å².